The summed E-state index contributed by atoms with van der Waals surface area (Å²) in [7, 11) is -3.99. The second-order valence-electron chi connectivity index (χ2n) is 8.93. The van der Waals surface area contributed by atoms with Gasteiger partial charge in [0.25, 0.3) is 10.0 Å². The van der Waals surface area contributed by atoms with E-state index in [4.69, 9.17) is 0 Å². The number of hydrogen-bond acceptors (Lipinski definition) is 3. The SMILES string of the molecule is Cc1ccc(NC(=O)Nc2ccc(C(F)(F)F)cc2)cc1S(=O)(=O)Nc1cccc(CCc2ccccc2)c1. The molecule has 0 fully saturated rings. The van der Waals surface area contributed by atoms with Crippen LogP contribution in [0.5, 0.6) is 0 Å². The standard InChI is InChI=1S/C29H26F3N3O3S/c1-20-10-15-25(34-28(36)33-24-16-13-23(14-17-24)29(30,31)32)19-27(20)39(37,38)35-26-9-5-8-22(18-26)12-11-21-6-3-2-4-7-21/h2-10,13-19,35H,11-12H2,1H3,(H2,33,34,36). The lowest BCUT2D eigenvalue weighted by Crippen LogP contribution is -2.20. The number of carbonyl (C=O) groups is 1. The fourth-order valence-electron chi connectivity index (χ4n) is 3.94. The summed E-state index contributed by atoms with van der Waals surface area (Å²) in [6.07, 6.45) is -2.92. The predicted octanol–water partition coefficient (Wildman–Crippen LogP) is 7.24. The summed E-state index contributed by atoms with van der Waals surface area (Å²) in [4.78, 5) is 12.4. The molecule has 0 atom stereocenters. The van der Waals surface area contributed by atoms with E-state index in [-0.39, 0.29) is 16.3 Å². The topological polar surface area (TPSA) is 87.3 Å². The molecule has 0 radical (unpaired) electrons. The number of rotatable bonds is 8. The van der Waals surface area contributed by atoms with Gasteiger partial charge in [-0.15, -0.1) is 0 Å². The molecule has 0 aliphatic heterocycles. The zero-order valence-electron chi connectivity index (χ0n) is 20.9. The van der Waals surface area contributed by atoms with Gasteiger partial charge in [0.1, 0.15) is 0 Å². The molecule has 4 aromatic rings. The summed E-state index contributed by atoms with van der Waals surface area (Å²) >= 11 is 0. The lowest BCUT2D eigenvalue weighted by Gasteiger charge is -2.14. The number of alkyl halides is 3. The highest BCUT2D eigenvalue weighted by Gasteiger charge is 2.30. The van der Waals surface area contributed by atoms with Gasteiger partial charge in [0, 0.05) is 17.1 Å². The first-order chi connectivity index (χ1) is 18.5. The van der Waals surface area contributed by atoms with Crippen LogP contribution in [0.25, 0.3) is 0 Å². The summed E-state index contributed by atoms with van der Waals surface area (Å²) in [5.41, 5.74) is 2.55. The second kappa shape index (κ2) is 11.6. The van der Waals surface area contributed by atoms with E-state index in [1.165, 1.54) is 17.7 Å². The molecule has 0 heterocycles. The molecule has 39 heavy (non-hydrogen) atoms. The maximum atomic E-state index is 13.2. The van der Waals surface area contributed by atoms with Gasteiger partial charge in [-0.25, -0.2) is 13.2 Å². The van der Waals surface area contributed by atoms with E-state index in [2.05, 4.69) is 15.4 Å². The number of amides is 2. The average molecular weight is 554 g/mol. The van der Waals surface area contributed by atoms with Crippen LogP contribution in [-0.4, -0.2) is 14.4 Å². The third-order valence-electron chi connectivity index (χ3n) is 5.93. The molecule has 6 nitrogen and oxygen atoms in total. The lowest BCUT2D eigenvalue weighted by atomic mass is 10.0. The molecule has 0 aromatic heterocycles. The van der Waals surface area contributed by atoms with Crippen LogP contribution in [0.15, 0.2) is 102 Å². The molecule has 0 saturated carbocycles. The summed E-state index contributed by atoms with van der Waals surface area (Å²) in [5.74, 6) is 0. The summed E-state index contributed by atoms with van der Waals surface area (Å²) in [6, 6.07) is 24.8. The first-order valence-electron chi connectivity index (χ1n) is 12.0. The maximum Gasteiger partial charge on any atom is 0.416 e. The molecule has 202 valence electrons. The van der Waals surface area contributed by atoms with Gasteiger partial charge in [0.2, 0.25) is 0 Å². The molecule has 0 saturated heterocycles. The van der Waals surface area contributed by atoms with Crippen LogP contribution in [-0.2, 0) is 29.0 Å². The summed E-state index contributed by atoms with van der Waals surface area (Å²) in [6.45, 7) is 1.64. The van der Waals surface area contributed by atoms with Gasteiger partial charge in [-0.1, -0.05) is 48.5 Å². The van der Waals surface area contributed by atoms with E-state index in [0.717, 1.165) is 42.7 Å². The highest BCUT2D eigenvalue weighted by molar-refractivity contribution is 7.92. The Morgan fingerprint density at radius 3 is 2.03 bits per heavy atom. The van der Waals surface area contributed by atoms with E-state index in [1.54, 1.807) is 31.2 Å². The summed E-state index contributed by atoms with van der Waals surface area (Å²) < 4.78 is 67.3. The highest BCUT2D eigenvalue weighted by Crippen LogP contribution is 2.30. The fourth-order valence-corrected chi connectivity index (χ4v) is 5.26. The van der Waals surface area contributed by atoms with Gasteiger partial charge >= 0.3 is 12.2 Å². The van der Waals surface area contributed by atoms with Crippen LogP contribution in [0.1, 0.15) is 22.3 Å². The number of anilines is 3. The van der Waals surface area contributed by atoms with E-state index in [0.29, 0.717) is 11.3 Å². The molecule has 0 unspecified atom stereocenters. The summed E-state index contributed by atoms with van der Waals surface area (Å²) in [5, 5.41) is 4.94. The molecular weight excluding hydrogens is 527 g/mol. The number of nitrogens with one attached hydrogen (secondary N) is 3. The second-order valence-corrected chi connectivity index (χ2v) is 10.6. The molecule has 0 aliphatic rings. The first kappa shape index (κ1) is 27.7. The molecule has 4 aromatic carbocycles. The Hall–Kier alpha value is -4.31. The van der Waals surface area contributed by atoms with Crippen LogP contribution < -0.4 is 15.4 Å². The number of aryl methyl sites for hydroxylation is 3. The third-order valence-corrected chi connectivity index (χ3v) is 7.45. The van der Waals surface area contributed by atoms with Crippen molar-refractivity contribution >= 4 is 33.1 Å². The van der Waals surface area contributed by atoms with E-state index in [9.17, 15) is 26.4 Å². The average Bonchev–Trinajstić information content (AvgIpc) is 2.89. The van der Waals surface area contributed by atoms with E-state index < -0.39 is 27.8 Å². The molecule has 2 amide bonds. The third kappa shape index (κ3) is 7.61. The number of benzene rings is 4. The minimum Gasteiger partial charge on any atom is -0.308 e. The van der Waals surface area contributed by atoms with Gasteiger partial charge in [0.15, 0.2) is 0 Å². The van der Waals surface area contributed by atoms with Crippen molar-refractivity contribution in [2.24, 2.45) is 0 Å². The van der Waals surface area contributed by atoms with Gasteiger partial charge in [-0.3, -0.25) is 4.72 Å². The van der Waals surface area contributed by atoms with Crippen molar-refractivity contribution in [2.75, 3.05) is 15.4 Å². The number of halogens is 3. The van der Waals surface area contributed by atoms with Crippen LogP contribution >= 0.6 is 0 Å². The first-order valence-corrected chi connectivity index (χ1v) is 13.5. The molecule has 10 heteroatoms. The number of carbonyl (C=O) groups excluding carboxylic acids is 1. The Balaban J connectivity index is 1.43. The minimum atomic E-state index is -4.48. The zero-order valence-corrected chi connectivity index (χ0v) is 21.7. The van der Waals surface area contributed by atoms with Crippen molar-refractivity contribution in [3.8, 4) is 0 Å². The molecule has 0 aliphatic carbocycles. The van der Waals surface area contributed by atoms with Crippen molar-refractivity contribution < 1.29 is 26.4 Å². The van der Waals surface area contributed by atoms with Crippen LogP contribution in [0.3, 0.4) is 0 Å². The smallest absolute Gasteiger partial charge is 0.308 e. The van der Waals surface area contributed by atoms with Crippen LogP contribution in [0.2, 0.25) is 0 Å². The predicted molar refractivity (Wildman–Crippen MR) is 146 cm³/mol. The molecule has 0 spiro atoms. The Labute approximate surface area is 224 Å². The number of urea groups is 1. The van der Waals surface area contributed by atoms with Crippen LogP contribution in [0.4, 0.5) is 35.0 Å². The molecular formula is C29H26F3N3O3S. The zero-order chi connectivity index (χ0) is 28.0. The van der Waals surface area contributed by atoms with Crippen LogP contribution in [0, 0.1) is 6.92 Å². The fraction of sp³-hybridized carbons (Fsp3) is 0.138. The van der Waals surface area contributed by atoms with Gasteiger partial charge < -0.3 is 10.6 Å². The maximum absolute atomic E-state index is 13.2. The van der Waals surface area contributed by atoms with Crippen molar-refractivity contribution in [1.29, 1.82) is 0 Å². The quantitative estimate of drug-likeness (QED) is 0.215. The normalized spacial score (nSPS) is 11.6. The Bertz CT molecular complexity index is 1560. The van der Waals surface area contributed by atoms with E-state index in [1.807, 2.05) is 36.4 Å². The Morgan fingerprint density at radius 1 is 0.718 bits per heavy atom. The van der Waals surface area contributed by atoms with Crippen molar-refractivity contribution in [3.63, 3.8) is 0 Å². The van der Waals surface area contributed by atoms with Gasteiger partial charge in [-0.05, 0) is 85.0 Å². The van der Waals surface area contributed by atoms with Gasteiger partial charge in [0.05, 0.1) is 10.5 Å². The van der Waals surface area contributed by atoms with Crippen molar-refractivity contribution in [2.45, 2.75) is 30.8 Å². The Morgan fingerprint density at radius 2 is 1.33 bits per heavy atom. The molecule has 3 N–H and O–H groups in total. The Kier molecular flexibility index (Phi) is 8.25. The monoisotopic (exact) mass is 553 g/mol. The van der Waals surface area contributed by atoms with Crippen molar-refractivity contribution in [1.82, 2.24) is 0 Å². The largest absolute Gasteiger partial charge is 0.416 e. The molecule has 4 rings (SSSR count). The number of hydrogen-bond donors (Lipinski definition) is 3. The highest BCUT2D eigenvalue weighted by atomic mass is 32.2. The molecule has 0 bridgehead atoms. The minimum absolute atomic E-state index is 0.0236. The van der Waals surface area contributed by atoms with Gasteiger partial charge in [-0.2, -0.15) is 13.2 Å². The lowest BCUT2D eigenvalue weighted by molar-refractivity contribution is -0.137. The van der Waals surface area contributed by atoms with Crippen molar-refractivity contribution in [3.05, 3.63) is 119 Å². The number of sulfonamides is 1. The van der Waals surface area contributed by atoms with E-state index >= 15 is 0 Å².